The first-order chi connectivity index (χ1) is 12.7. The molecule has 27 heavy (non-hydrogen) atoms. The topological polar surface area (TPSA) is 0 Å². The molecule has 0 spiro atoms. The molecule has 0 aromatic rings. The van der Waals surface area contributed by atoms with Crippen molar-refractivity contribution in [2.75, 3.05) is 26.2 Å². The van der Waals surface area contributed by atoms with Gasteiger partial charge in [0.05, 0.1) is 26.2 Å². The zero-order chi connectivity index (χ0) is 21.0. The molecule has 0 unspecified atom stereocenters. The van der Waals surface area contributed by atoms with Gasteiger partial charge < -0.3 is 21.7 Å². The van der Waals surface area contributed by atoms with Gasteiger partial charge in [0, 0.05) is 0 Å². The molecule has 0 N–H and O–H groups in total. The fraction of sp³-hybridized carbons (Fsp3) is 1.00. The maximum atomic E-state index is 9.75. The first kappa shape index (κ1) is 29.0. The van der Waals surface area contributed by atoms with Gasteiger partial charge in [0.25, 0.3) is 0 Å². The molecule has 0 radical (unpaired) electrons. The molecule has 166 valence electrons. The van der Waals surface area contributed by atoms with Gasteiger partial charge in [-0.1, -0.05) is 79.1 Å². The number of rotatable bonds is 17. The van der Waals surface area contributed by atoms with Crippen LogP contribution in [0, 0.1) is 0 Å². The average molecular weight is 399 g/mol. The lowest BCUT2D eigenvalue weighted by molar-refractivity contribution is -0.929. The molecule has 0 saturated heterocycles. The van der Waals surface area contributed by atoms with Crippen LogP contribution in [0.2, 0.25) is 0 Å². The smallest absolute Gasteiger partial charge is 0.418 e. The third-order valence-electron chi connectivity index (χ3n) is 5.19. The van der Waals surface area contributed by atoms with E-state index in [0.29, 0.717) is 0 Å². The van der Waals surface area contributed by atoms with E-state index in [1.165, 1.54) is 114 Å². The molecule has 0 heterocycles. The molecule has 6 heteroatoms. The van der Waals surface area contributed by atoms with Crippen LogP contribution in [0.1, 0.15) is 111 Å². The van der Waals surface area contributed by atoms with Crippen molar-refractivity contribution >= 4 is 7.25 Å². The van der Waals surface area contributed by atoms with Crippen LogP contribution >= 0.6 is 0 Å². The minimum atomic E-state index is -6.00. The van der Waals surface area contributed by atoms with E-state index in [1.54, 1.807) is 0 Å². The summed E-state index contributed by atoms with van der Waals surface area (Å²) < 4.78 is 40.4. The fourth-order valence-electron chi connectivity index (χ4n) is 3.56. The van der Waals surface area contributed by atoms with Gasteiger partial charge in [0.2, 0.25) is 0 Å². The molecule has 0 rings (SSSR count). The number of hydrogen-bond donors (Lipinski definition) is 0. The first-order valence-corrected chi connectivity index (χ1v) is 11.5. The molecule has 0 saturated carbocycles. The van der Waals surface area contributed by atoms with Gasteiger partial charge in [0.15, 0.2) is 0 Å². The van der Waals surface area contributed by atoms with Gasteiger partial charge in [-0.05, 0) is 32.1 Å². The van der Waals surface area contributed by atoms with Crippen LogP contribution in [0.25, 0.3) is 0 Å². The highest BCUT2D eigenvalue weighted by Gasteiger charge is 2.25. The van der Waals surface area contributed by atoms with E-state index in [0.717, 1.165) is 0 Å². The Labute approximate surface area is 167 Å². The van der Waals surface area contributed by atoms with Gasteiger partial charge in [-0.25, -0.2) is 0 Å². The molecule has 0 aliphatic rings. The van der Waals surface area contributed by atoms with Crippen LogP contribution < -0.4 is 0 Å². The zero-order valence-electron chi connectivity index (χ0n) is 18.6. The Balaban J connectivity index is 0. The van der Waals surface area contributed by atoms with Crippen molar-refractivity contribution in [2.24, 2.45) is 0 Å². The summed E-state index contributed by atoms with van der Waals surface area (Å²) in [5.74, 6) is 0. The number of unbranched alkanes of at least 4 members (excludes halogenated alkanes) is 9. The van der Waals surface area contributed by atoms with Gasteiger partial charge in [-0.15, -0.1) is 0 Å². The van der Waals surface area contributed by atoms with E-state index >= 15 is 0 Å². The van der Waals surface area contributed by atoms with E-state index in [2.05, 4.69) is 27.7 Å². The van der Waals surface area contributed by atoms with Crippen molar-refractivity contribution in [3.05, 3.63) is 0 Å². The van der Waals surface area contributed by atoms with Gasteiger partial charge >= 0.3 is 7.25 Å². The third kappa shape index (κ3) is 23.7. The molecule has 0 amide bonds. The van der Waals surface area contributed by atoms with Crippen molar-refractivity contribution in [2.45, 2.75) is 111 Å². The van der Waals surface area contributed by atoms with E-state index in [-0.39, 0.29) is 0 Å². The molecule has 0 aliphatic carbocycles. The Kier molecular flexibility index (Phi) is 20.5. The van der Waals surface area contributed by atoms with Crippen LogP contribution in [-0.4, -0.2) is 37.9 Å². The minimum Gasteiger partial charge on any atom is -0.418 e. The largest absolute Gasteiger partial charge is 0.673 e. The fourth-order valence-corrected chi connectivity index (χ4v) is 3.56. The second kappa shape index (κ2) is 19.1. The maximum absolute atomic E-state index is 9.75. The molecule has 0 bridgehead atoms. The number of hydrogen-bond acceptors (Lipinski definition) is 0. The standard InChI is InChI=1S/C21H46N.BF4/c1-5-9-13-14-15-16-17-21-22(18-10-6-2,19-11-7-3)20-12-8-4;2-1(3,4)5/h5-21H2,1-4H3;/q+1;-1. The summed E-state index contributed by atoms with van der Waals surface area (Å²) in [4.78, 5) is 0. The SMILES string of the molecule is CCCCCCCCC[N+](CCCC)(CCCC)CCCC.F[B-](F)(F)F. The van der Waals surface area contributed by atoms with Crippen LogP contribution in [0.3, 0.4) is 0 Å². The molecular formula is C21H46BF4N. The predicted molar refractivity (Wildman–Crippen MR) is 113 cm³/mol. The third-order valence-corrected chi connectivity index (χ3v) is 5.19. The van der Waals surface area contributed by atoms with Crippen molar-refractivity contribution in [1.29, 1.82) is 0 Å². The lowest BCUT2D eigenvalue weighted by Crippen LogP contribution is -2.50. The summed E-state index contributed by atoms with van der Waals surface area (Å²) in [5.41, 5.74) is 0. The highest BCUT2D eigenvalue weighted by atomic mass is 19.5. The average Bonchev–Trinajstić information content (AvgIpc) is 2.60. The van der Waals surface area contributed by atoms with Gasteiger partial charge in [-0.3, -0.25) is 0 Å². The van der Waals surface area contributed by atoms with Crippen LogP contribution in [-0.2, 0) is 0 Å². The van der Waals surface area contributed by atoms with Gasteiger partial charge in [-0.2, -0.15) is 0 Å². The summed E-state index contributed by atoms with van der Waals surface area (Å²) >= 11 is 0. The Morgan fingerprint density at radius 3 is 1.04 bits per heavy atom. The summed E-state index contributed by atoms with van der Waals surface area (Å²) in [5, 5.41) is 0. The minimum absolute atomic E-state index is 1.36. The summed E-state index contributed by atoms with van der Waals surface area (Å²) in [7, 11) is -6.00. The highest BCUT2D eigenvalue weighted by molar-refractivity contribution is 6.50. The lowest BCUT2D eigenvalue weighted by Gasteiger charge is -2.39. The van der Waals surface area contributed by atoms with Gasteiger partial charge in [0.1, 0.15) is 0 Å². The molecule has 0 fully saturated rings. The van der Waals surface area contributed by atoms with Crippen molar-refractivity contribution in [1.82, 2.24) is 0 Å². The van der Waals surface area contributed by atoms with Crippen molar-refractivity contribution in [3.63, 3.8) is 0 Å². The van der Waals surface area contributed by atoms with E-state index in [9.17, 15) is 17.3 Å². The molecule has 0 aromatic heterocycles. The quantitative estimate of drug-likeness (QED) is 0.0999. The van der Waals surface area contributed by atoms with Crippen LogP contribution in [0.4, 0.5) is 17.3 Å². The molecule has 0 aliphatic heterocycles. The summed E-state index contributed by atoms with van der Waals surface area (Å²) in [6.45, 7) is 15.1. The Bertz CT molecular complexity index is 271. The van der Waals surface area contributed by atoms with E-state index < -0.39 is 7.25 Å². The van der Waals surface area contributed by atoms with Crippen molar-refractivity contribution in [3.8, 4) is 0 Å². The second-order valence-corrected chi connectivity index (χ2v) is 7.91. The molecule has 0 atom stereocenters. The first-order valence-electron chi connectivity index (χ1n) is 11.5. The summed E-state index contributed by atoms with van der Waals surface area (Å²) in [6.07, 6.45) is 18.4. The monoisotopic (exact) mass is 399 g/mol. The maximum Gasteiger partial charge on any atom is 0.673 e. The lowest BCUT2D eigenvalue weighted by atomic mass is 10.1. The Morgan fingerprint density at radius 1 is 0.444 bits per heavy atom. The van der Waals surface area contributed by atoms with E-state index in [4.69, 9.17) is 0 Å². The van der Waals surface area contributed by atoms with Crippen LogP contribution in [0.15, 0.2) is 0 Å². The normalized spacial score (nSPS) is 12.0. The van der Waals surface area contributed by atoms with E-state index in [1.807, 2.05) is 0 Å². The zero-order valence-corrected chi connectivity index (χ0v) is 18.6. The highest BCUT2D eigenvalue weighted by Crippen LogP contribution is 2.18. The summed E-state index contributed by atoms with van der Waals surface area (Å²) in [6, 6.07) is 0. The molecule has 1 nitrogen and oxygen atoms in total. The number of nitrogens with zero attached hydrogens (tertiary/aromatic N) is 1. The number of quaternary nitrogens is 1. The second-order valence-electron chi connectivity index (χ2n) is 7.91. The van der Waals surface area contributed by atoms with Crippen LogP contribution in [0.5, 0.6) is 0 Å². The predicted octanol–water partition coefficient (Wildman–Crippen LogP) is 8.25. The number of halogens is 4. The molecular weight excluding hydrogens is 353 g/mol. The molecule has 0 aromatic carbocycles. The Hall–Kier alpha value is -0.255. The van der Waals surface area contributed by atoms with Crippen molar-refractivity contribution < 1.29 is 21.7 Å². The Morgan fingerprint density at radius 2 is 0.704 bits per heavy atom.